The smallest absolute Gasteiger partial charge is 0.341 e. The molecule has 1 N–H and O–H groups in total. The fourth-order valence-electron chi connectivity index (χ4n) is 1.79. The molecular formula is C15H12ClFO4. The minimum atomic E-state index is -1.18. The van der Waals surface area contributed by atoms with Crippen LogP contribution in [0.3, 0.4) is 0 Å². The topological polar surface area (TPSA) is 55.8 Å². The van der Waals surface area contributed by atoms with E-state index in [9.17, 15) is 9.18 Å². The van der Waals surface area contributed by atoms with Gasteiger partial charge >= 0.3 is 5.97 Å². The molecule has 0 fully saturated rings. The molecule has 0 amide bonds. The molecule has 0 atom stereocenters. The monoisotopic (exact) mass is 310 g/mol. The molecule has 2 rings (SSSR count). The summed E-state index contributed by atoms with van der Waals surface area (Å²) in [5.41, 5.74) is 0.428. The van der Waals surface area contributed by atoms with E-state index in [0.29, 0.717) is 5.56 Å². The van der Waals surface area contributed by atoms with Crippen molar-refractivity contribution in [3.8, 4) is 11.5 Å². The van der Waals surface area contributed by atoms with Crippen molar-refractivity contribution in [2.45, 2.75) is 6.61 Å². The maximum atomic E-state index is 13.6. The van der Waals surface area contributed by atoms with E-state index in [1.54, 1.807) is 12.1 Å². The van der Waals surface area contributed by atoms with Crippen LogP contribution < -0.4 is 9.47 Å². The van der Waals surface area contributed by atoms with Gasteiger partial charge in [0.1, 0.15) is 17.9 Å². The van der Waals surface area contributed by atoms with Crippen molar-refractivity contribution in [2.24, 2.45) is 0 Å². The number of aromatic carboxylic acids is 1. The van der Waals surface area contributed by atoms with Gasteiger partial charge in [-0.15, -0.1) is 0 Å². The highest BCUT2D eigenvalue weighted by Gasteiger charge is 2.15. The van der Waals surface area contributed by atoms with Gasteiger partial charge in [0.2, 0.25) is 0 Å². The number of carboxylic acids is 1. The molecule has 0 aliphatic rings. The van der Waals surface area contributed by atoms with Gasteiger partial charge in [-0.3, -0.25) is 0 Å². The molecule has 110 valence electrons. The van der Waals surface area contributed by atoms with Gasteiger partial charge < -0.3 is 14.6 Å². The zero-order valence-electron chi connectivity index (χ0n) is 11.1. The second-order valence-electron chi connectivity index (χ2n) is 4.18. The Morgan fingerprint density at radius 3 is 2.67 bits per heavy atom. The van der Waals surface area contributed by atoms with E-state index in [-0.39, 0.29) is 28.7 Å². The summed E-state index contributed by atoms with van der Waals surface area (Å²) in [5, 5.41) is 9.20. The van der Waals surface area contributed by atoms with Gasteiger partial charge in [0.25, 0.3) is 0 Å². The van der Waals surface area contributed by atoms with Crippen molar-refractivity contribution < 1.29 is 23.8 Å². The van der Waals surface area contributed by atoms with Crippen LogP contribution in [-0.4, -0.2) is 18.2 Å². The largest absolute Gasteiger partial charge is 0.494 e. The Labute approximate surface area is 125 Å². The molecule has 0 aliphatic heterocycles. The Bertz CT molecular complexity index is 673. The average Bonchev–Trinajstić information content (AvgIpc) is 2.44. The van der Waals surface area contributed by atoms with Gasteiger partial charge in [0, 0.05) is 0 Å². The Morgan fingerprint density at radius 1 is 1.29 bits per heavy atom. The first-order valence-corrected chi connectivity index (χ1v) is 6.37. The van der Waals surface area contributed by atoms with Gasteiger partial charge in [0.05, 0.1) is 12.1 Å². The minimum absolute atomic E-state index is 0.0154. The molecular weight excluding hydrogens is 299 g/mol. The molecule has 0 spiro atoms. The van der Waals surface area contributed by atoms with Crippen LogP contribution in [-0.2, 0) is 6.61 Å². The van der Waals surface area contributed by atoms with Crippen LogP contribution >= 0.6 is 11.6 Å². The highest BCUT2D eigenvalue weighted by atomic mass is 35.5. The molecule has 0 saturated heterocycles. The number of carboxylic acid groups (broad SMARTS) is 1. The summed E-state index contributed by atoms with van der Waals surface area (Å²) in [6, 6.07) is 8.92. The second kappa shape index (κ2) is 6.45. The number of ether oxygens (including phenoxy) is 2. The molecule has 0 radical (unpaired) electrons. The first kappa shape index (κ1) is 15.1. The number of halogens is 2. The molecule has 0 saturated carbocycles. The van der Waals surface area contributed by atoms with Gasteiger partial charge in [-0.1, -0.05) is 23.7 Å². The number of rotatable bonds is 5. The highest BCUT2D eigenvalue weighted by molar-refractivity contribution is 6.33. The summed E-state index contributed by atoms with van der Waals surface area (Å²) in [5.74, 6) is -1.43. The van der Waals surface area contributed by atoms with E-state index in [1.165, 1.54) is 31.4 Å². The lowest BCUT2D eigenvalue weighted by Gasteiger charge is -2.11. The van der Waals surface area contributed by atoms with E-state index in [1.807, 2.05) is 0 Å². The SMILES string of the molecule is COc1ccc(COc2cccc(Cl)c2C(=O)O)cc1F. The van der Waals surface area contributed by atoms with Crippen molar-refractivity contribution in [1.82, 2.24) is 0 Å². The zero-order valence-corrected chi connectivity index (χ0v) is 11.9. The summed E-state index contributed by atoms with van der Waals surface area (Å²) in [6.07, 6.45) is 0. The first-order valence-electron chi connectivity index (χ1n) is 6.00. The molecule has 0 bridgehead atoms. The molecule has 6 heteroatoms. The molecule has 2 aromatic carbocycles. The lowest BCUT2D eigenvalue weighted by atomic mass is 10.2. The first-order chi connectivity index (χ1) is 10.0. The van der Waals surface area contributed by atoms with E-state index in [4.69, 9.17) is 26.2 Å². The van der Waals surface area contributed by atoms with Crippen LogP contribution in [0.5, 0.6) is 11.5 Å². The molecule has 0 heterocycles. The molecule has 0 unspecified atom stereocenters. The zero-order chi connectivity index (χ0) is 15.4. The van der Waals surface area contributed by atoms with Gasteiger partial charge in [-0.2, -0.15) is 0 Å². The maximum Gasteiger partial charge on any atom is 0.341 e. The molecule has 0 aromatic heterocycles. The fourth-order valence-corrected chi connectivity index (χ4v) is 2.04. The third-order valence-corrected chi connectivity index (χ3v) is 3.11. The molecule has 2 aromatic rings. The molecule has 4 nitrogen and oxygen atoms in total. The number of benzene rings is 2. The lowest BCUT2D eigenvalue weighted by Crippen LogP contribution is -2.04. The standard InChI is InChI=1S/C15H12ClFO4/c1-20-12-6-5-9(7-11(12)17)8-21-13-4-2-3-10(16)14(13)15(18)19/h2-7H,8H2,1H3,(H,18,19). The van der Waals surface area contributed by atoms with Crippen LogP contribution in [0.2, 0.25) is 5.02 Å². The summed E-state index contributed by atoms with van der Waals surface area (Å²) in [7, 11) is 1.37. The van der Waals surface area contributed by atoms with E-state index in [0.717, 1.165) is 0 Å². The molecule has 0 aliphatic carbocycles. The predicted molar refractivity (Wildman–Crippen MR) is 75.7 cm³/mol. The Kier molecular flexibility index (Phi) is 4.65. The quantitative estimate of drug-likeness (QED) is 0.913. The minimum Gasteiger partial charge on any atom is -0.494 e. The van der Waals surface area contributed by atoms with Crippen LogP contribution in [0.1, 0.15) is 15.9 Å². The van der Waals surface area contributed by atoms with Crippen molar-refractivity contribution >= 4 is 17.6 Å². The Balaban J connectivity index is 2.19. The van der Waals surface area contributed by atoms with Crippen molar-refractivity contribution in [3.05, 3.63) is 58.4 Å². The predicted octanol–water partition coefficient (Wildman–Crippen LogP) is 3.76. The van der Waals surface area contributed by atoms with Crippen molar-refractivity contribution in [1.29, 1.82) is 0 Å². The summed E-state index contributed by atoms with van der Waals surface area (Å²) in [6.45, 7) is 0.0154. The number of hydrogen-bond acceptors (Lipinski definition) is 3. The van der Waals surface area contributed by atoms with Gasteiger partial charge in [-0.05, 0) is 29.8 Å². The van der Waals surface area contributed by atoms with Crippen molar-refractivity contribution in [3.63, 3.8) is 0 Å². The number of hydrogen-bond donors (Lipinski definition) is 1. The molecule has 21 heavy (non-hydrogen) atoms. The third-order valence-electron chi connectivity index (χ3n) is 2.80. The third kappa shape index (κ3) is 3.44. The number of methoxy groups -OCH3 is 1. The van der Waals surface area contributed by atoms with Crippen LogP contribution in [0.25, 0.3) is 0 Å². The van der Waals surface area contributed by atoms with Gasteiger partial charge in [-0.25, -0.2) is 9.18 Å². The second-order valence-corrected chi connectivity index (χ2v) is 4.58. The summed E-state index contributed by atoms with van der Waals surface area (Å²) in [4.78, 5) is 11.2. The van der Waals surface area contributed by atoms with Crippen LogP contribution in [0, 0.1) is 5.82 Å². The van der Waals surface area contributed by atoms with E-state index >= 15 is 0 Å². The fraction of sp³-hybridized carbons (Fsp3) is 0.133. The highest BCUT2D eigenvalue weighted by Crippen LogP contribution is 2.27. The van der Waals surface area contributed by atoms with Crippen molar-refractivity contribution in [2.75, 3.05) is 7.11 Å². The Morgan fingerprint density at radius 2 is 2.05 bits per heavy atom. The summed E-state index contributed by atoms with van der Waals surface area (Å²) < 4.78 is 23.8. The van der Waals surface area contributed by atoms with E-state index < -0.39 is 11.8 Å². The van der Waals surface area contributed by atoms with Crippen LogP contribution in [0.4, 0.5) is 4.39 Å². The maximum absolute atomic E-state index is 13.6. The van der Waals surface area contributed by atoms with Gasteiger partial charge in [0.15, 0.2) is 11.6 Å². The lowest BCUT2D eigenvalue weighted by molar-refractivity contribution is 0.0692. The normalized spacial score (nSPS) is 10.2. The average molecular weight is 311 g/mol. The van der Waals surface area contributed by atoms with Crippen LogP contribution in [0.15, 0.2) is 36.4 Å². The number of carbonyl (C=O) groups is 1. The van der Waals surface area contributed by atoms with E-state index in [2.05, 4.69) is 0 Å². The Hall–Kier alpha value is -2.27. The summed E-state index contributed by atoms with van der Waals surface area (Å²) >= 11 is 5.83.